The third kappa shape index (κ3) is 4.36. The van der Waals surface area contributed by atoms with Crippen LogP contribution in [0.25, 0.3) is 10.9 Å². The Balaban J connectivity index is 1.55. The zero-order valence-electron chi connectivity index (χ0n) is 17.3. The quantitative estimate of drug-likeness (QED) is 0.415. The van der Waals surface area contributed by atoms with Crippen molar-refractivity contribution in [1.82, 2.24) is 15.3 Å². The molecule has 1 amide bonds. The number of pyridine rings is 1. The fourth-order valence-electron chi connectivity index (χ4n) is 3.63. The summed E-state index contributed by atoms with van der Waals surface area (Å²) in [5.41, 5.74) is 3.32. The van der Waals surface area contributed by atoms with Crippen LogP contribution in [0.4, 0.5) is 0 Å². The summed E-state index contributed by atoms with van der Waals surface area (Å²) in [5, 5.41) is 6.20. The SMILES string of the molecule is CCOC(=O)c1ccc(C(=O)NCC(c2cccs2)c2c[nH]c3ccccc23)nc1C. The molecular formula is C24H23N3O3S. The molecule has 6 nitrogen and oxygen atoms in total. The minimum atomic E-state index is -0.434. The number of rotatable bonds is 7. The first-order chi connectivity index (χ1) is 15.1. The number of nitrogens with one attached hydrogen (secondary N) is 2. The maximum Gasteiger partial charge on any atom is 0.339 e. The molecule has 3 aromatic heterocycles. The topological polar surface area (TPSA) is 84.1 Å². The van der Waals surface area contributed by atoms with Gasteiger partial charge in [0, 0.05) is 34.4 Å². The summed E-state index contributed by atoms with van der Waals surface area (Å²) in [4.78, 5) is 33.6. The second kappa shape index (κ2) is 9.14. The van der Waals surface area contributed by atoms with E-state index in [-0.39, 0.29) is 17.5 Å². The van der Waals surface area contributed by atoms with Crippen molar-refractivity contribution in [2.24, 2.45) is 0 Å². The average Bonchev–Trinajstić information content (AvgIpc) is 3.45. The molecule has 1 unspecified atom stereocenters. The van der Waals surface area contributed by atoms with Gasteiger partial charge in [-0.25, -0.2) is 9.78 Å². The zero-order valence-corrected chi connectivity index (χ0v) is 18.2. The number of aryl methyl sites for hydroxylation is 1. The van der Waals surface area contributed by atoms with Crippen molar-refractivity contribution >= 4 is 34.1 Å². The monoisotopic (exact) mass is 433 g/mol. The van der Waals surface area contributed by atoms with E-state index in [0.29, 0.717) is 24.4 Å². The van der Waals surface area contributed by atoms with E-state index in [1.54, 1.807) is 37.3 Å². The zero-order chi connectivity index (χ0) is 21.8. The smallest absolute Gasteiger partial charge is 0.339 e. The van der Waals surface area contributed by atoms with Gasteiger partial charge in [-0.1, -0.05) is 24.3 Å². The van der Waals surface area contributed by atoms with Gasteiger partial charge in [0.05, 0.1) is 17.9 Å². The number of aromatic amines is 1. The number of H-pyrrole nitrogens is 1. The van der Waals surface area contributed by atoms with Crippen molar-refractivity contribution < 1.29 is 14.3 Å². The number of para-hydroxylation sites is 1. The third-order valence-corrected chi connectivity index (χ3v) is 6.15. The molecule has 0 radical (unpaired) electrons. The van der Waals surface area contributed by atoms with E-state index in [1.807, 2.05) is 35.8 Å². The molecule has 3 heterocycles. The highest BCUT2D eigenvalue weighted by atomic mass is 32.1. The Labute approximate surface area is 184 Å². The lowest BCUT2D eigenvalue weighted by molar-refractivity contribution is 0.0524. The van der Waals surface area contributed by atoms with Gasteiger partial charge in [0.15, 0.2) is 0 Å². The number of esters is 1. The Morgan fingerprint density at radius 2 is 2.00 bits per heavy atom. The lowest BCUT2D eigenvalue weighted by Crippen LogP contribution is -2.29. The Morgan fingerprint density at radius 1 is 1.16 bits per heavy atom. The van der Waals surface area contributed by atoms with Crippen LogP contribution in [-0.4, -0.2) is 35.0 Å². The fourth-order valence-corrected chi connectivity index (χ4v) is 4.48. The molecular weight excluding hydrogens is 410 g/mol. The minimum Gasteiger partial charge on any atom is -0.462 e. The van der Waals surface area contributed by atoms with Crippen molar-refractivity contribution in [3.05, 3.63) is 87.5 Å². The largest absolute Gasteiger partial charge is 0.462 e. The molecule has 1 atom stereocenters. The number of carbonyl (C=O) groups is 2. The number of hydrogen-bond acceptors (Lipinski definition) is 5. The standard InChI is InChI=1S/C24H23N3O3S/c1-3-30-24(29)16-10-11-21(27-15(16)2)23(28)26-14-19(22-9-6-12-31-22)18-13-25-20-8-5-4-7-17(18)20/h4-13,19,25H,3,14H2,1-2H3,(H,26,28). The summed E-state index contributed by atoms with van der Waals surface area (Å²) in [6, 6.07) is 15.4. The van der Waals surface area contributed by atoms with Gasteiger partial charge < -0.3 is 15.0 Å². The molecule has 1 aromatic carbocycles. The average molecular weight is 434 g/mol. The van der Waals surface area contributed by atoms with Crippen LogP contribution in [0.2, 0.25) is 0 Å². The van der Waals surface area contributed by atoms with E-state index in [0.717, 1.165) is 16.5 Å². The molecule has 0 bridgehead atoms. The van der Waals surface area contributed by atoms with Crippen LogP contribution in [0.1, 0.15) is 49.8 Å². The molecule has 158 valence electrons. The second-order valence-corrected chi connectivity index (χ2v) is 8.10. The van der Waals surface area contributed by atoms with Crippen molar-refractivity contribution in [2.75, 3.05) is 13.2 Å². The molecule has 4 aromatic rings. The molecule has 7 heteroatoms. The van der Waals surface area contributed by atoms with Crippen LogP contribution < -0.4 is 5.32 Å². The highest BCUT2D eigenvalue weighted by molar-refractivity contribution is 7.10. The van der Waals surface area contributed by atoms with Crippen LogP contribution in [0, 0.1) is 6.92 Å². The maximum absolute atomic E-state index is 12.8. The first-order valence-electron chi connectivity index (χ1n) is 10.1. The van der Waals surface area contributed by atoms with Crippen LogP contribution in [0.5, 0.6) is 0 Å². The van der Waals surface area contributed by atoms with Crippen molar-refractivity contribution in [3.63, 3.8) is 0 Å². The summed E-state index contributed by atoms with van der Waals surface area (Å²) < 4.78 is 5.02. The number of benzene rings is 1. The lowest BCUT2D eigenvalue weighted by atomic mass is 9.96. The van der Waals surface area contributed by atoms with Crippen LogP contribution in [0.3, 0.4) is 0 Å². The summed E-state index contributed by atoms with van der Waals surface area (Å²) in [6.07, 6.45) is 2.01. The number of hydrogen-bond donors (Lipinski definition) is 2. The molecule has 0 fully saturated rings. The van der Waals surface area contributed by atoms with Gasteiger partial charge >= 0.3 is 5.97 Å². The predicted octanol–water partition coefficient (Wildman–Crippen LogP) is 4.67. The Hall–Kier alpha value is -3.45. The first kappa shape index (κ1) is 20.8. The number of nitrogens with zero attached hydrogens (tertiary/aromatic N) is 1. The van der Waals surface area contributed by atoms with E-state index in [9.17, 15) is 9.59 Å². The molecule has 0 aliphatic carbocycles. The van der Waals surface area contributed by atoms with E-state index >= 15 is 0 Å². The molecule has 0 aliphatic heterocycles. The molecule has 4 rings (SSSR count). The Morgan fingerprint density at radius 3 is 2.74 bits per heavy atom. The Bertz CT molecular complexity index is 1210. The molecule has 0 spiro atoms. The highest BCUT2D eigenvalue weighted by Crippen LogP contribution is 2.32. The summed E-state index contributed by atoms with van der Waals surface area (Å²) in [7, 11) is 0. The van der Waals surface area contributed by atoms with Crippen LogP contribution in [0.15, 0.2) is 60.1 Å². The number of thiophene rings is 1. The van der Waals surface area contributed by atoms with Crippen molar-refractivity contribution in [3.8, 4) is 0 Å². The van der Waals surface area contributed by atoms with Crippen LogP contribution >= 0.6 is 11.3 Å². The molecule has 0 saturated heterocycles. The van der Waals surface area contributed by atoms with Gasteiger partial charge in [0.1, 0.15) is 5.69 Å². The Kier molecular flexibility index (Phi) is 6.13. The number of aromatic nitrogens is 2. The van der Waals surface area contributed by atoms with E-state index in [4.69, 9.17) is 4.74 Å². The second-order valence-electron chi connectivity index (χ2n) is 7.12. The summed E-state index contributed by atoms with van der Waals surface area (Å²) in [5.74, 6) is -0.698. The first-order valence-corrected chi connectivity index (χ1v) is 11.0. The normalized spacial score (nSPS) is 11.9. The fraction of sp³-hybridized carbons (Fsp3) is 0.208. The number of fused-ring (bicyclic) bond motifs is 1. The van der Waals surface area contributed by atoms with Gasteiger partial charge in [-0.15, -0.1) is 11.3 Å². The third-order valence-electron chi connectivity index (χ3n) is 5.16. The van der Waals surface area contributed by atoms with E-state index < -0.39 is 5.97 Å². The number of carbonyl (C=O) groups excluding carboxylic acids is 2. The highest BCUT2D eigenvalue weighted by Gasteiger charge is 2.21. The molecule has 31 heavy (non-hydrogen) atoms. The number of amides is 1. The molecule has 0 saturated carbocycles. The van der Waals surface area contributed by atoms with Crippen LogP contribution in [-0.2, 0) is 4.74 Å². The van der Waals surface area contributed by atoms with Gasteiger partial charge in [0.25, 0.3) is 5.91 Å². The minimum absolute atomic E-state index is 0.0139. The summed E-state index contributed by atoms with van der Waals surface area (Å²) >= 11 is 1.67. The van der Waals surface area contributed by atoms with E-state index in [2.05, 4.69) is 27.4 Å². The summed E-state index contributed by atoms with van der Waals surface area (Å²) in [6.45, 7) is 4.17. The van der Waals surface area contributed by atoms with Gasteiger partial charge in [-0.2, -0.15) is 0 Å². The lowest BCUT2D eigenvalue weighted by Gasteiger charge is -2.16. The van der Waals surface area contributed by atoms with Gasteiger partial charge in [-0.05, 0) is 49.1 Å². The maximum atomic E-state index is 12.8. The van der Waals surface area contributed by atoms with Crippen molar-refractivity contribution in [1.29, 1.82) is 0 Å². The van der Waals surface area contributed by atoms with Gasteiger partial charge in [0.2, 0.25) is 0 Å². The van der Waals surface area contributed by atoms with Gasteiger partial charge in [-0.3, -0.25) is 4.79 Å². The number of ether oxygens (including phenoxy) is 1. The predicted molar refractivity (Wildman–Crippen MR) is 122 cm³/mol. The van der Waals surface area contributed by atoms with Crippen molar-refractivity contribution in [2.45, 2.75) is 19.8 Å². The van der Waals surface area contributed by atoms with E-state index in [1.165, 1.54) is 4.88 Å². The molecule has 2 N–H and O–H groups in total. The molecule has 0 aliphatic rings.